The third-order valence-electron chi connectivity index (χ3n) is 5.59. The number of nitrogens with zero attached hydrogens (tertiary/aromatic N) is 2. The van der Waals surface area contributed by atoms with Crippen molar-refractivity contribution < 1.29 is 9.59 Å². The molecule has 0 aromatic heterocycles. The van der Waals surface area contributed by atoms with Crippen molar-refractivity contribution in [2.45, 2.75) is 39.0 Å². The topological polar surface area (TPSA) is 52.7 Å². The molecule has 2 heterocycles. The molecule has 2 amide bonds. The molecule has 5 heteroatoms. The summed E-state index contributed by atoms with van der Waals surface area (Å²) >= 11 is 0. The molecule has 0 aliphatic carbocycles. The molecule has 2 aromatic carbocycles. The number of hydrogen-bond donors (Lipinski definition) is 1. The third-order valence-corrected chi connectivity index (χ3v) is 5.59. The number of carbonyl (C=O) groups excluding carboxylic acids is 2. The lowest BCUT2D eigenvalue weighted by atomic mass is 9.99. The van der Waals surface area contributed by atoms with Crippen molar-refractivity contribution in [2.75, 3.05) is 34.8 Å². The first-order chi connectivity index (χ1) is 13.6. The van der Waals surface area contributed by atoms with Crippen LogP contribution in [0.25, 0.3) is 0 Å². The summed E-state index contributed by atoms with van der Waals surface area (Å²) in [6.45, 7) is 4.63. The predicted molar refractivity (Wildman–Crippen MR) is 113 cm³/mol. The summed E-state index contributed by atoms with van der Waals surface area (Å²) in [6, 6.07) is 14.1. The molecule has 0 radical (unpaired) electrons. The van der Waals surface area contributed by atoms with Crippen LogP contribution in [0.2, 0.25) is 0 Å². The molecule has 4 rings (SSSR count). The number of aryl methyl sites for hydroxylation is 2. The first kappa shape index (κ1) is 18.5. The molecule has 0 bridgehead atoms. The Morgan fingerprint density at radius 1 is 1.04 bits per heavy atom. The monoisotopic (exact) mass is 377 g/mol. The molecule has 0 spiro atoms. The van der Waals surface area contributed by atoms with Crippen LogP contribution < -0.4 is 15.1 Å². The fourth-order valence-electron chi connectivity index (χ4n) is 4.14. The van der Waals surface area contributed by atoms with Crippen LogP contribution in [0.4, 0.5) is 17.1 Å². The van der Waals surface area contributed by atoms with Crippen molar-refractivity contribution in [1.29, 1.82) is 0 Å². The summed E-state index contributed by atoms with van der Waals surface area (Å²) in [6.07, 6.45) is 4.24. The fourth-order valence-corrected chi connectivity index (χ4v) is 4.14. The van der Waals surface area contributed by atoms with Crippen LogP contribution in [0.15, 0.2) is 42.5 Å². The van der Waals surface area contributed by atoms with Crippen molar-refractivity contribution >= 4 is 28.9 Å². The summed E-state index contributed by atoms with van der Waals surface area (Å²) in [5.74, 6) is 0.193. The van der Waals surface area contributed by atoms with Crippen LogP contribution in [0, 0.1) is 6.92 Å². The van der Waals surface area contributed by atoms with Crippen LogP contribution in [-0.4, -0.2) is 31.4 Å². The summed E-state index contributed by atoms with van der Waals surface area (Å²) in [5.41, 5.74) is 5.62. The number of anilines is 3. The van der Waals surface area contributed by atoms with Gasteiger partial charge in [-0.3, -0.25) is 9.59 Å². The quantitative estimate of drug-likeness (QED) is 0.860. The van der Waals surface area contributed by atoms with Gasteiger partial charge in [-0.05, 0) is 62.1 Å². The van der Waals surface area contributed by atoms with Gasteiger partial charge >= 0.3 is 0 Å². The molecule has 1 fully saturated rings. The average molecular weight is 377 g/mol. The van der Waals surface area contributed by atoms with Gasteiger partial charge in [0.1, 0.15) is 0 Å². The number of benzene rings is 2. The molecule has 146 valence electrons. The highest BCUT2D eigenvalue weighted by Gasteiger charge is 2.21. The third kappa shape index (κ3) is 4.03. The highest BCUT2D eigenvalue weighted by atomic mass is 16.2. The number of amides is 2. The van der Waals surface area contributed by atoms with Crippen LogP contribution >= 0.6 is 0 Å². The molecule has 2 aliphatic rings. The van der Waals surface area contributed by atoms with Gasteiger partial charge in [0, 0.05) is 49.5 Å². The van der Waals surface area contributed by atoms with E-state index < -0.39 is 0 Å². The first-order valence-electron chi connectivity index (χ1n) is 10.1. The molecule has 1 saturated heterocycles. The first-order valence-corrected chi connectivity index (χ1v) is 10.1. The number of hydrogen-bond acceptors (Lipinski definition) is 3. The molecular formula is C23H27N3O2. The van der Waals surface area contributed by atoms with Gasteiger partial charge in [0.05, 0.1) is 0 Å². The van der Waals surface area contributed by atoms with E-state index in [9.17, 15) is 9.59 Å². The van der Waals surface area contributed by atoms with E-state index in [-0.39, 0.29) is 11.8 Å². The summed E-state index contributed by atoms with van der Waals surface area (Å²) in [4.78, 5) is 28.4. The molecular weight excluding hydrogens is 350 g/mol. The van der Waals surface area contributed by atoms with Crippen LogP contribution in [0.3, 0.4) is 0 Å². The molecule has 2 aliphatic heterocycles. The molecule has 2 aromatic rings. The van der Waals surface area contributed by atoms with Gasteiger partial charge in [-0.1, -0.05) is 17.7 Å². The second kappa shape index (κ2) is 8.05. The van der Waals surface area contributed by atoms with E-state index in [2.05, 4.69) is 35.3 Å². The zero-order chi connectivity index (χ0) is 19.5. The van der Waals surface area contributed by atoms with E-state index in [1.54, 1.807) is 4.90 Å². The lowest BCUT2D eigenvalue weighted by Gasteiger charge is -2.31. The highest BCUT2D eigenvalue weighted by molar-refractivity contribution is 5.96. The molecule has 0 saturated carbocycles. The maximum Gasteiger partial charge on any atom is 0.227 e. The lowest BCUT2D eigenvalue weighted by molar-refractivity contribution is -0.117. The Bertz CT molecular complexity index is 876. The van der Waals surface area contributed by atoms with E-state index in [0.29, 0.717) is 12.8 Å². The molecule has 1 N–H and O–H groups in total. The lowest BCUT2D eigenvalue weighted by Crippen LogP contribution is -2.32. The number of carbonyl (C=O) groups is 2. The zero-order valence-electron chi connectivity index (χ0n) is 16.4. The van der Waals surface area contributed by atoms with E-state index in [4.69, 9.17) is 0 Å². The zero-order valence-corrected chi connectivity index (χ0v) is 16.4. The minimum absolute atomic E-state index is 0.0178. The van der Waals surface area contributed by atoms with Gasteiger partial charge < -0.3 is 15.1 Å². The van der Waals surface area contributed by atoms with E-state index >= 15 is 0 Å². The summed E-state index contributed by atoms with van der Waals surface area (Å²) in [5, 5.41) is 2.97. The van der Waals surface area contributed by atoms with Gasteiger partial charge in [0.2, 0.25) is 11.8 Å². The van der Waals surface area contributed by atoms with Crippen molar-refractivity contribution in [3.8, 4) is 0 Å². The summed E-state index contributed by atoms with van der Waals surface area (Å²) in [7, 11) is 0. The van der Waals surface area contributed by atoms with Gasteiger partial charge in [-0.25, -0.2) is 0 Å². The summed E-state index contributed by atoms with van der Waals surface area (Å²) < 4.78 is 0. The van der Waals surface area contributed by atoms with Gasteiger partial charge in [0.25, 0.3) is 0 Å². The van der Waals surface area contributed by atoms with Gasteiger partial charge in [-0.15, -0.1) is 0 Å². The standard InChI is InChI=1S/C23H27N3O2/c1-17-6-11-21-18(16-17)4-2-13-25(21)15-12-22(27)24-19-7-9-20(10-8-19)26-14-3-5-23(26)28/h6-11,16H,2-5,12-15H2,1H3,(H,24,27). The Hall–Kier alpha value is -2.82. The van der Waals surface area contributed by atoms with Crippen molar-refractivity contribution in [2.24, 2.45) is 0 Å². The Labute approximate surface area is 166 Å². The molecule has 0 atom stereocenters. The van der Waals surface area contributed by atoms with Crippen molar-refractivity contribution in [3.63, 3.8) is 0 Å². The van der Waals surface area contributed by atoms with Crippen LogP contribution in [0.1, 0.15) is 36.8 Å². The average Bonchev–Trinajstić information content (AvgIpc) is 3.12. The van der Waals surface area contributed by atoms with Crippen molar-refractivity contribution in [3.05, 3.63) is 53.6 Å². The normalized spacial score (nSPS) is 16.2. The van der Waals surface area contributed by atoms with E-state index in [1.807, 2.05) is 24.3 Å². The second-order valence-electron chi connectivity index (χ2n) is 7.72. The maximum absolute atomic E-state index is 12.4. The minimum atomic E-state index is 0.0178. The molecule has 28 heavy (non-hydrogen) atoms. The second-order valence-corrected chi connectivity index (χ2v) is 7.72. The van der Waals surface area contributed by atoms with Crippen LogP contribution in [-0.2, 0) is 16.0 Å². The van der Waals surface area contributed by atoms with Crippen molar-refractivity contribution in [1.82, 2.24) is 0 Å². The molecule has 5 nitrogen and oxygen atoms in total. The number of fused-ring (bicyclic) bond motifs is 1. The largest absolute Gasteiger partial charge is 0.371 e. The predicted octanol–water partition coefficient (Wildman–Crippen LogP) is 3.90. The Kier molecular flexibility index (Phi) is 5.33. The maximum atomic E-state index is 12.4. The van der Waals surface area contributed by atoms with Crippen LogP contribution in [0.5, 0.6) is 0 Å². The van der Waals surface area contributed by atoms with Gasteiger partial charge in [-0.2, -0.15) is 0 Å². The smallest absolute Gasteiger partial charge is 0.227 e. The van der Waals surface area contributed by atoms with E-state index in [1.165, 1.54) is 16.8 Å². The minimum Gasteiger partial charge on any atom is -0.371 e. The van der Waals surface area contributed by atoms with Gasteiger partial charge in [0.15, 0.2) is 0 Å². The van der Waals surface area contributed by atoms with E-state index in [0.717, 1.165) is 50.3 Å². The Morgan fingerprint density at radius 2 is 1.82 bits per heavy atom. The molecule has 0 unspecified atom stereocenters. The Morgan fingerprint density at radius 3 is 2.57 bits per heavy atom. The Balaban J connectivity index is 1.32. The fraction of sp³-hybridized carbons (Fsp3) is 0.391. The highest BCUT2D eigenvalue weighted by Crippen LogP contribution is 2.28. The number of nitrogens with one attached hydrogen (secondary N) is 1. The number of rotatable bonds is 5. The SMILES string of the molecule is Cc1ccc2c(c1)CCCN2CCC(=O)Nc1ccc(N2CCCC2=O)cc1.